The Morgan fingerprint density at radius 2 is 1.96 bits per heavy atom. The molecule has 4 heterocycles. The van der Waals surface area contributed by atoms with Crippen LogP contribution in [0.15, 0.2) is 24.5 Å². The monoisotopic (exact) mass is 330 g/mol. The fourth-order valence-electron chi connectivity index (χ4n) is 3.89. The van der Waals surface area contributed by atoms with Crippen LogP contribution in [0.4, 0.5) is 4.79 Å². The van der Waals surface area contributed by atoms with Gasteiger partial charge in [-0.1, -0.05) is 0 Å². The maximum Gasteiger partial charge on any atom is 0.320 e. The molecule has 1 atom stereocenters. The molecule has 0 saturated carbocycles. The summed E-state index contributed by atoms with van der Waals surface area (Å²) in [7, 11) is 0. The summed E-state index contributed by atoms with van der Waals surface area (Å²) in [4.78, 5) is 35.1. The molecule has 0 aromatic carbocycles. The van der Waals surface area contributed by atoms with Gasteiger partial charge in [0.2, 0.25) is 0 Å². The molecule has 3 amide bonds. The zero-order valence-corrected chi connectivity index (χ0v) is 13.6. The van der Waals surface area contributed by atoms with Gasteiger partial charge in [0.05, 0.1) is 11.6 Å². The van der Waals surface area contributed by atoms with Crippen molar-refractivity contribution in [1.82, 2.24) is 19.7 Å². The van der Waals surface area contributed by atoms with Crippen LogP contribution in [0.1, 0.15) is 23.2 Å². The van der Waals surface area contributed by atoms with Crippen LogP contribution in [-0.2, 0) is 4.74 Å². The van der Waals surface area contributed by atoms with E-state index in [4.69, 9.17) is 4.74 Å². The number of aromatic nitrogens is 1. The first-order chi connectivity index (χ1) is 11.7. The third-order valence-corrected chi connectivity index (χ3v) is 5.21. The first-order valence-electron chi connectivity index (χ1n) is 8.58. The van der Waals surface area contributed by atoms with Gasteiger partial charge < -0.3 is 19.4 Å². The Morgan fingerprint density at radius 3 is 2.71 bits per heavy atom. The standard InChI is InChI=1S/C17H22N4O3/c22-16(13-2-1-5-18-10-13)19-6-7-20-15(11-19)12-21(17(20)23)14-3-8-24-9-4-14/h1-2,5,10,14-15H,3-4,6-9,11-12H2/t15-/m1/s1. The highest BCUT2D eigenvalue weighted by molar-refractivity contribution is 5.94. The van der Waals surface area contributed by atoms with Gasteiger partial charge in [0.1, 0.15) is 0 Å². The summed E-state index contributed by atoms with van der Waals surface area (Å²) in [6, 6.07) is 4.06. The Kier molecular flexibility index (Phi) is 4.10. The lowest BCUT2D eigenvalue weighted by molar-refractivity contribution is 0.0504. The van der Waals surface area contributed by atoms with Gasteiger partial charge in [0.15, 0.2) is 0 Å². The number of hydrogen-bond donors (Lipinski definition) is 0. The topological polar surface area (TPSA) is 66.0 Å². The third-order valence-electron chi connectivity index (χ3n) is 5.21. The Morgan fingerprint density at radius 1 is 1.12 bits per heavy atom. The van der Waals surface area contributed by atoms with Crippen molar-refractivity contribution in [3.63, 3.8) is 0 Å². The average molecular weight is 330 g/mol. The zero-order chi connectivity index (χ0) is 16.5. The Labute approximate surface area is 141 Å². The molecule has 0 radical (unpaired) electrons. The molecule has 0 unspecified atom stereocenters. The SMILES string of the molecule is O=C(c1cccnc1)N1CCN2C(=O)N(C3CCOCC3)C[C@H]2C1. The number of nitrogens with zero attached hydrogens (tertiary/aromatic N) is 4. The molecule has 3 aliphatic heterocycles. The maximum absolute atomic E-state index is 12.7. The molecular weight excluding hydrogens is 308 g/mol. The van der Waals surface area contributed by atoms with E-state index in [9.17, 15) is 9.59 Å². The molecule has 7 heteroatoms. The van der Waals surface area contributed by atoms with E-state index in [0.29, 0.717) is 31.7 Å². The highest BCUT2D eigenvalue weighted by Gasteiger charge is 2.44. The molecule has 1 aromatic rings. The van der Waals surface area contributed by atoms with Crippen molar-refractivity contribution in [1.29, 1.82) is 0 Å². The molecule has 4 rings (SSSR count). The molecule has 0 bridgehead atoms. The average Bonchev–Trinajstić information content (AvgIpc) is 2.99. The van der Waals surface area contributed by atoms with E-state index in [-0.39, 0.29) is 24.0 Å². The molecule has 0 spiro atoms. The van der Waals surface area contributed by atoms with Crippen LogP contribution in [-0.4, -0.2) is 83.1 Å². The Bertz CT molecular complexity index is 618. The summed E-state index contributed by atoms with van der Waals surface area (Å²) in [6.45, 7) is 3.95. The minimum absolute atomic E-state index is 0.000264. The Balaban J connectivity index is 1.44. The number of carbonyl (C=O) groups excluding carboxylic acids is 2. The Hall–Kier alpha value is -2.15. The second-order valence-electron chi connectivity index (χ2n) is 6.62. The molecule has 3 aliphatic rings. The second kappa shape index (κ2) is 6.39. The van der Waals surface area contributed by atoms with E-state index in [1.54, 1.807) is 24.5 Å². The number of hydrogen-bond acceptors (Lipinski definition) is 4. The van der Waals surface area contributed by atoms with Crippen molar-refractivity contribution in [2.75, 3.05) is 39.4 Å². The number of amides is 3. The molecule has 3 saturated heterocycles. The third kappa shape index (κ3) is 2.73. The summed E-state index contributed by atoms with van der Waals surface area (Å²) in [5.41, 5.74) is 0.608. The van der Waals surface area contributed by atoms with E-state index in [1.165, 1.54) is 0 Å². The van der Waals surface area contributed by atoms with Gasteiger partial charge in [-0.05, 0) is 25.0 Å². The fourth-order valence-corrected chi connectivity index (χ4v) is 3.89. The summed E-state index contributed by atoms with van der Waals surface area (Å²) in [5.74, 6) is -0.000264. The predicted octanol–water partition coefficient (Wildman–Crippen LogP) is 0.823. The van der Waals surface area contributed by atoms with E-state index in [0.717, 1.165) is 26.1 Å². The first kappa shape index (κ1) is 15.4. The lowest BCUT2D eigenvalue weighted by atomic mass is 10.1. The van der Waals surface area contributed by atoms with Gasteiger partial charge in [-0.15, -0.1) is 0 Å². The largest absolute Gasteiger partial charge is 0.381 e. The number of pyridine rings is 1. The maximum atomic E-state index is 12.7. The number of carbonyl (C=O) groups is 2. The van der Waals surface area contributed by atoms with E-state index in [1.807, 2.05) is 14.7 Å². The summed E-state index contributed by atoms with van der Waals surface area (Å²) >= 11 is 0. The normalized spacial score (nSPS) is 25.1. The van der Waals surface area contributed by atoms with Crippen LogP contribution in [0.25, 0.3) is 0 Å². The number of urea groups is 1. The summed E-state index contributed by atoms with van der Waals surface area (Å²) < 4.78 is 5.40. The molecule has 7 nitrogen and oxygen atoms in total. The molecule has 3 fully saturated rings. The van der Waals surface area contributed by atoms with Crippen molar-refractivity contribution in [2.45, 2.75) is 24.9 Å². The van der Waals surface area contributed by atoms with Crippen molar-refractivity contribution in [3.8, 4) is 0 Å². The fraction of sp³-hybridized carbons (Fsp3) is 0.588. The minimum atomic E-state index is -0.000264. The van der Waals surface area contributed by atoms with E-state index >= 15 is 0 Å². The molecular formula is C17H22N4O3. The highest BCUT2D eigenvalue weighted by atomic mass is 16.5. The van der Waals surface area contributed by atoms with Crippen LogP contribution >= 0.6 is 0 Å². The molecule has 24 heavy (non-hydrogen) atoms. The molecule has 0 aliphatic carbocycles. The zero-order valence-electron chi connectivity index (χ0n) is 13.6. The minimum Gasteiger partial charge on any atom is -0.381 e. The molecule has 1 aromatic heterocycles. The van der Waals surface area contributed by atoms with Crippen molar-refractivity contribution in [2.24, 2.45) is 0 Å². The van der Waals surface area contributed by atoms with Gasteiger partial charge in [-0.2, -0.15) is 0 Å². The lowest BCUT2D eigenvalue weighted by Crippen LogP contribution is -2.53. The quantitative estimate of drug-likeness (QED) is 0.805. The number of piperazine rings is 1. The molecule has 128 valence electrons. The van der Waals surface area contributed by atoms with Gasteiger partial charge >= 0.3 is 6.03 Å². The van der Waals surface area contributed by atoms with Crippen LogP contribution < -0.4 is 0 Å². The van der Waals surface area contributed by atoms with Crippen LogP contribution in [0, 0.1) is 0 Å². The summed E-state index contributed by atoms with van der Waals surface area (Å²) in [6.07, 6.45) is 5.08. The number of fused-ring (bicyclic) bond motifs is 1. The van der Waals surface area contributed by atoms with Gasteiger partial charge in [-0.25, -0.2) is 4.79 Å². The predicted molar refractivity (Wildman–Crippen MR) is 86.6 cm³/mol. The van der Waals surface area contributed by atoms with Crippen LogP contribution in [0.3, 0.4) is 0 Å². The second-order valence-corrected chi connectivity index (χ2v) is 6.62. The van der Waals surface area contributed by atoms with Crippen LogP contribution in [0.2, 0.25) is 0 Å². The highest BCUT2D eigenvalue weighted by Crippen LogP contribution is 2.26. The van der Waals surface area contributed by atoms with E-state index < -0.39 is 0 Å². The van der Waals surface area contributed by atoms with Gasteiger partial charge in [0, 0.05) is 57.8 Å². The lowest BCUT2D eigenvalue weighted by Gasteiger charge is -2.36. The van der Waals surface area contributed by atoms with Crippen LogP contribution in [0.5, 0.6) is 0 Å². The van der Waals surface area contributed by atoms with Crippen molar-refractivity contribution >= 4 is 11.9 Å². The van der Waals surface area contributed by atoms with Gasteiger partial charge in [-0.3, -0.25) is 9.78 Å². The van der Waals surface area contributed by atoms with Crippen molar-refractivity contribution in [3.05, 3.63) is 30.1 Å². The smallest absolute Gasteiger partial charge is 0.320 e. The molecule has 0 N–H and O–H groups in total. The number of rotatable bonds is 2. The number of ether oxygens (including phenoxy) is 1. The summed E-state index contributed by atoms with van der Waals surface area (Å²) in [5, 5.41) is 0. The van der Waals surface area contributed by atoms with E-state index in [2.05, 4.69) is 4.98 Å². The first-order valence-corrected chi connectivity index (χ1v) is 8.58. The van der Waals surface area contributed by atoms with Crippen molar-refractivity contribution < 1.29 is 14.3 Å². The van der Waals surface area contributed by atoms with Gasteiger partial charge in [0.25, 0.3) is 5.91 Å².